The summed E-state index contributed by atoms with van der Waals surface area (Å²) >= 11 is 8.04. The minimum atomic E-state index is -3.88. The highest BCUT2D eigenvalue weighted by Crippen LogP contribution is 2.51. The molecule has 2 aliphatic rings. The van der Waals surface area contributed by atoms with E-state index in [2.05, 4.69) is 10.6 Å². The zero-order valence-corrected chi connectivity index (χ0v) is 23.5. The zero-order valence-electron chi connectivity index (χ0n) is 21.1. The number of phosphoric ester groups is 1. The van der Waals surface area contributed by atoms with Crippen molar-refractivity contribution in [3.05, 3.63) is 29.3 Å². The van der Waals surface area contributed by atoms with Crippen LogP contribution in [0.3, 0.4) is 0 Å². The van der Waals surface area contributed by atoms with Gasteiger partial charge < -0.3 is 19.9 Å². The number of carbonyl (C=O) groups is 1. The van der Waals surface area contributed by atoms with Crippen LogP contribution in [0, 0.1) is 11.3 Å². The van der Waals surface area contributed by atoms with Gasteiger partial charge in [0, 0.05) is 24.2 Å². The fourth-order valence-corrected chi connectivity index (χ4v) is 7.26. The first-order valence-corrected chi connectivity index (χ1v) is 15.9. The second-order valence-corrected chi connectivity index (χ2v) is 12.3. The van der Waals surface area contributed by atoms with Crippen LogP contribution in [0.25, 0.3) is 0 Å². The van der Waals surface area contributed by atoms with Crippen molar-refractivity contribution in [3.8, 4) is 11.8 Å². The summed E-state index contributed by atoms with van der Waals surface area (Å²) in [6, 6.07) is 9.16. The van der Waals surface area contributed by atoms with E-state index in [1.54, 1.807) is 24.3 Å². The highest BCUT2D eigenvalue weighted by molar-refractivity contribution is 8.00. The smallest absolute Gasteiger partial charge is 0.402 e. The first kappa shape index (κ1) is 30.1. The Labute approximate surface area is 228 Å². The Kier molecular flexibility index (Phi) is 13.4. The van der Waals surface area contributed by atoms with Crippen LogP contribution in [0.4, 0.5) is 4.79 Å². The number of amides is 2. The molecule has 0 bridgehead atoms. The molecule has 2 saturated heterocycles. The number of carbonyl (C=O) groups excluding carboxylic acids is 1. The molecule has 0 aliphatic carbocycles. The highest BCUT2D eigenvalue weighted by Gasteiger charge is 2.42. The SMILES string of the molecule is N#CCCOP(=O)(OCCCCCCOCCCCCC1SCC2NC(=O)NC21)Oc1ccccc1Cl. The molecule has 4 unspecified atom stereocenters. The molecule has 2 aliphatic heterocycles. The van der Waals surface area contributed by atoms with Crippen molar-refractivity contribution in [3.63, 3.8) is 0 Å². The lowest BCUT2D eigenvalue weighted by atomic mass is 10.0. The molecule has 2 heterocycles. The molecule has 1 aromatic rings. The number of halogens is 1. The summed E-state index contributed by atoms with van der Waals surface area (Å²) in [4.78, 5) is 11.4. The Hall–Kier alpha value is -1.47. The molecule has 4 atom stereocenters. The van der Waals surface area contributed by atoms with Crippen LogP contribution in [-0.2, 0) is 18.3 Å². The quantitative estimate of drug-likeness (QED) is 0.116. The van der Waals surface area contributed by atoms with E-state index in [-0.39, 0.29) is 37.5 Å². The van der Waals surface area contributed by atoms with Gasteiger partial charge in [0.2, 0.25) is 0 Å². The van der Waals surface area contributed by atoms with Gasteiger partial charge in [0.05, 0.1) is 42.8 Å². The van der Waals surface area contributed by atoms with Gasteiger partial charge in [-0.15, -0.1) is 0 Å². The van der Waals surface area contributed by atoms with Crippen molar-refractivity contribution in [2.75, 3.05) is 32.2 Å². The number of hydrogen-bond donors (Lipinski definition) is 2. The molecule has 3 rings (SSSR count). The van der Waals surface area contributed by atoms with Crippen molar-refractivity contribution in [2.24, 2.45) is 0 Å². The number of nitrogens with zero attached hydrogens (tertiary/aromatic N) is 1. The molecule has 37 heavy (non-hydrogen) atoms. The van der Waals surface area contributed by atoms with Gasteiger partial charge in [0.25, 0.3) is 0 Å². The van der Waals surface area contributed by atoms with E-state index in [1.165, 1.54) is 0 Å². The van der Waals surface area contributed by atoms with Gasteiger partial charge >= 0.3 is 13.9 Å². The molecular formula is C25H37ClN3O6PS. The predicted molar refractivity (Wildman–Crippen MR) is 145 cm³/mol. The lowest BCUT2D eigenvalue weighted by Crippen LogP contribution is -2.36. The number of phosphoric acid groups is 1. The summed E-state index contributed by atoms with van der Waals surface area (Å²) in [7, 11) is -3.88. The number of ether oxygens (including phenoxy) is 1. The maximum atomic E-state index is 13.0. The third kappa shape index (κ3) is 10.7. The van der Waals surface area contributed by atoms with Crippen LogP contribution in [0.15, 0.2) is 24.3 Å². The largest absolute Gasteiger partial charge is 0.530 e. The van der Waals surface area contributed by atoms with Gasteiger partial charge in [0.15, 0.2) is 0 Å². The number of nitriles is 1. The number of rotatable bonds is 19. The Morgan fingerprint density at radius 2 is 1.70 bits per heavy atom. The van der Waals surface area contributed by atoms with E-state index in [1.807, 2.05) is 17.8 Å². The Morgan fingerprint density at radius 1 is 1.00 bits per heavy atom. The molecule has 2 amide bonds. The Balaban J connectivity index is 1.17. The third-order valence-corrected chi connectivity index (χ3v) is 9.40. The molecule has 0 spiro atoms. The second-order valence-electron chi connectivity index (χ2n) is 9.04. The lowest BCUT2D eigenvalue weighted by Gasteiger charge is -2.18. The van der Waals surface area contributed by atoms with Crippen molar-refractivity contribution in [2.45, 2.75) is 75.1 Å². The molecule has 206 valence electrons. The van der Waals surface area contributed by atoms with Crippen molar-refractivity contribution in [1.29, 1.82) is 5.26 Å². The standard InChI is InChI=1S/C25H37ClN3O6PS/c26-20-11-5-6-12-22(20)35-36(31,34-18-10-14-27)33-17-9-2-1-7-15-32-16-8-3-4-13-23-24-21(19-37-23)28-25(30)29-24/h5-6,11-12,21,23-24H,1-4,7-10,13,15-19H2,(H2,28,29,30). The number of benzene rings is 1. The molecular weight excluding hydrogens is 537 g/mol. The van der Waals surface area contributed by atoms with Crippen molar-refractivity contribution < 1.29 is 27.7 Å². The van der Waals surface area contributed by atoms with Crippen LogP contribution >= 0.6 is 31.2 Å². The van der Waals surface area contributed by atoms with Gasteiger partial charge in [0.1, 0.15) is 5.75 Å². The Morgan fingerprint density at radius 3 is 2.46 bits per heavy atom. The van der Waals surface area contributed by atoms with Crippen LogP contribution < -0.4 is 15.2 Å². The minimum absolute atomic E-state index is 0.0234. The molecule has 1 aromatic carbocycles. The third-order valence-electron chi connectivity index (χ3n) is 6.16. The topological polar surface area (TPSA) is 119 Å². The summed E-state index contributed by atoms with van der Waals surface area (Å²) in [6.45, 7) is 1.67. The fraction of sp³-hybridized carbons (Fsp3) is 0.680. The summed E-state index contributed by atoms with van der Waals surface area (Å²) < 4.78 is 34.9. The number of nitrogens with one attached hydrogen (secondary N) is 2. The Bertz CT molecular complexity index is 936. The summed E-state index contributed by atoms with van der Waals surface area (Å²) in [5, 5.41) is 15.6. The first-order valence-electron chi connectivity index (χ1n) is 13.0. The lowest BCUT2D eigenvalue weighted by molar-refractivity contribution is 0.124. The van der Waals surface area contributed by atoms with E-state index in [0.29, 0.717) is 22.7 Å². The average molecular weight is 574 g/mol. The van der Waals surface area contributed by atoms with Crippen LogP contribution in [0.2, 0.25) is 5.02 Å². The minimum Gasteiger partial charge on any atom is -0.402 e. The van der Waals surface area contributed by atoms with Crippen molar-refractivity contribution in [1.82, 2.24) is 10.6 Å². The number of hydrogen-bond acceptors (Lipinski definition) is 8. The maximum absolute atomic E-state index is 13.0. The van der Waals surface area contributed by atoms with E-state index in [0.717, 1.165) is 63.9 Å². The normalized spacial score (nSPS) is 22.1. The second kappa shape index (κ2) is 16.5. The predicted octanol–water partition coefficient (Wildman–Crippen LogP) is 6.08. The van der Waals surface area contributed by atoms with Gasteiger partial charge in [-0.25, -0.2) is 9.36 Å². The summed E-state index contributed by atoms with van der Waals surface area (Å²) in [5.74, 6) is 1.22. The summed E-state index contributed by atoms with van der Waals surface area (Å²) in [6.07, 6.45) is 8.11. The van der Waals surface area contributed by atoms with E-state index < -0.39 is 7.82 Å². The molecule has 9 nitrogen and oxygen atoms in total. The molecule has 2 N–H and O–H groups in total. The van der Waals surface area contributed by atoms with Crippen LogP contribution in [0.1, 0.15) is 57.8 Å². The average Bonchev–Trinajstić information content (AvgIpc) is 3.43. The highest BCUT2D eigenvalue weighted by atomic mass is 35.5. The van der Waals surface area contributed by atoms with Crippen LogP contribution in [0.5, 0.6) is 5.75 Å². The molecule has 12 heteroatoms. The zero-order chi connectivity index (χ0) is 26.3. The van der Waals surface area contributed by atoms with E-state index >= 15 is 0 Å². The van der Waals surface area contributed by atoms with Gasteiger partial charge in [-0.2, -0.15) is 17.0 Å². The molecule has 0 radical (unpaired) electrons. The number of para-hydroxylation sites is 1. The van der Waals surface area contributed by atoms with Gasteiger partial charge in [-0.3, -0.25) is 9.05 Å². The number of unbranched alkanes of at least 4 members (excludes halogenated alkanes) is 5. The van der Waals surface area contributed by atoms with Crippen LogP contribution in [-0.4, -0.2) is 55.5 Å². The maximum Gasteiger partial charge on any atom is 0.530 e. The molecule has 2 fully saturated rings. The monoisotopic (exact) mass is 573 g/mol. The molecule has 0 saturated carbocycles. The van der Waals surface area contributed by atoms with E-state index in [4.69, 9.17) is 35.2 Å². The summed E-state index contributed by atoms with van der Waals surface area (Å²) in [5.41, 5.74) is 0. The van der Waals surface area contributed by atoms with Gasteiger partial charge in [-0.05, 0) is 37.8 Å². The first-order chi connectivity index (χ1) is 18.0. The number of fused-ring (bicyclic) bond motifs is 1. The van der Waals surface area contributed by atoms with E-state index in [9.17, 15) is 9.36 Å². The van der Waals surface area contributed by atoms with Crippen molar-refractivity contribution >= 4 is 37.2 Å². The number of urea groups is 1. The fourth-order valence-electron chi connectivity index (χ4n) is 4.24. The number of thioether (sulfide) groups is 1. The molecule has 0 aromatic heterocycles. The van der Waals surface area contributed by atoms with Gasteiger partial charge in [-0.1, -0.05) is 49.4 Å².